The van der Waals surface area contributed by atoms with Crippen molar-refractivity contribution < 1.29 is 22.7 Å². The third-order valence-corrected chi connectivity index (χ3v) is 7.46. The van der Waals surface area contributed by atoms with E-state index in [0.717, 1.165) is 23.7 Å². The summed E-state index contributed by atoms with van der Waals surface area (Å²) in [5, 5.41) is 1.96. The lowest BCUT2D eigenvalue weighted by molar-refractivity contribution is -0.127. The first-order valence-electron chi connectivity index (χ1n) is 10.2. The number of hydrogen-bond donors (Lipinski definition) is 1. The maximum absolute atomic E-state index is 12.9. The molecular formula is C23H25N3O5S2. The van der Waals surface area contributed by atoms with Crippen molar-refractivity contribution in [3.8, 4) is 5.75 Å². The number of amides is 2. The van der Waals surface area contributed by atoms with E-state index in [9.17, 15) is 18.0 Å². The number of carbonyl (C=O) groups excluding carboxylic acids is 2. The molecule has 2 aromatic rings. The van der Waals surface area contributed by atoms with Crippen LogP contribution < -0.4 is 10.1 Å². The minimum Gasteiger partial charge on any atom is -0.497 e. The molecule has 1 aliphatic rings. The molecule has 174 valence electrons. The average molecular weight is 488 g/mol. The van der Waals surface area contributed by atoms with Crippen LogP contribution in [0.4, 0.5) is 5.69 Å². The maximum atomic E-state index is 12.9. The average Bonchev–Trinajstić information content (AvgIpc) is 3.07. The van der Waals surface area contributed by atoms with Crippen LogP contribution in [0.15, 0.2) is 70.5 Å². The number of ether oxygens (including phenoxy) is 1. The SMILES string of the molecule is C=CCN1C(=O)C(CC(=O)Nc2cccc(OC)c2)S/C1=N\S(=O)(=O)c1ccc(CC)cc1. The smallest absolute Gasteiger partial charge is 0.284 e. The molecule has 0 radical (unpaired) electrons. The van der Waals surface area contributed by atoms with E-state index in [-0.39, 0.29) is 28.9 Å². The molecule has 8 nitrogen and oxygen atoms in total. The van der Waals surface area contributed by atoms with Gasteiger partial charge in [-0.1, -0.05) is 43.0 Å². The van der Waals surface area contributed by atoms with Gasteiger partial charge in [-0.25, -0.2) is 0 Å². The summed E-state index contributed by atoms with van der Waals surface area (Å²) in [6.07, 6.45) is 2.12. The summed E-state index contributed by atoms with van der Waals surface area (Å²) in [4.78, 5) is 26.7. The zero-order valence-corrected chi connectivity index (χ0v) is 20.0. The van der Waals surface area contributed by atoms with Crippen molar-refractivity contribution in [2.75, 3.05) is 19.0 Å². The molecule has 10 heteroatoms. The fourth-order valence-electron chi connectivity index (χ4n) is 3.14. The Kier molecular flexibility index (Phi) is 7.93. The van der Waals surface area contributed by atoms with Gasteiger partial charge in [-0.3, -0.25) is 14.5 Å². The first-order chi connectivity index (χ1) is 15.8. The molecule has 0 aromatic heterocycles. The van der Waals surface area contributed by atoms with E-state index < -0.39 is 21.2 Å². The third kappa shape index (κ3) is 6.02. The van der Waals surface area contributed by atoms with Crippen LogP contribution in [-0.4, -0.2) is 49.2 Å². The van der Waals surface area contributed by atoms with Crippen LogP contribution >= 0.6 is 11.8 Å². The zero-order valence-electron chi connectivity index (χ0n) is 18.4. The minimum absolute atomic E-state index is 0.0265. The van der Waals surface area contributed by atoms with Gasteiger partial charge in [0.25, 0.3) is 10.0 Å². The topological polar surface area (TPSA) is 105 Å². The Morgan fingerprint density at radius 2 is 2.00 bits per heavy atom. The molecule has 1 atom stereocenters. The number of nitrogens with one attached hydrogen (secondary N) is 1. The molecule has 33 heavy (non-hydrogen) atoms. The Bertz CT molecular complexity index is 1180. The number of sulfonamides is 1. The number of nitrogens with zero attached hydrogens (tertiary/aromatic N) is 2. The van der Waals surface area contributed by atoms with Gasteiger partial charge in [0, 0.05) is 24.7 Å². The van der Waals surface area contributed by atoms with Gasteiger partial charge in [0.05, 0.1) is 12.0 Å². The molecule has 1 N–H and O–H groups in total. The van der Waals surface area contributed by atoms with Gasteiger partial charge in [-0.05, 0) is 36.2 Å². The number of hydrogen-bond acceptors (Lipinski definition) is 6. The number of anilines is 1. The molecule has 3 rings (SSSR count). The van der Waals surface area contributed by atoms with Gasteiger partial charge >= 0.3 is 0 Å². The second-order valence-corrected chi connectivity index (χ2v) is 9.95. The van der Waals surface area contributed by atoms with E-state index in [1.165, 1.54) is 30.2 Å². The highest BCUT2D eigenvalue weighted by molar-refractivity contribution is 8.16. The molecule has 1 heterocycles. The lowest BCUT2D eigenvalue weighted by atomic mass is 10.2. The van der Waals surface area contributed by atoms with Crippen molar-refractivity contribution in [1.29, 1.82) is 0 Å². The second-order valence-electron chi connectivity index (χ2n) is 7.17. The van der Waals surface area contributed by atoms with E-state index in [0.29, 0.717) is 11.4 Å². The molecule has 0 bridgehead atoms. The molecule has 0 saturated carbocycles. The van der Waals surface area contributed by atoms with E-state index in [1.54, 1.807) is 36.4 Å². The summed E-state index contributed by atoms with van der Waals surface area (Å²) in [7, 11) is -2.50. The first-order valence-corrected chi connectivity index (χ1v) is 12.6. The van der Waals surface area contributed by atoms with Crippen LogP contribution in [0.1, 0.15) is 18.9 Å². The van der Waals surface area contributed by atoms with Gasteiger partial charge in [0.15, 0.2) is 5.17 Å². The number of amidine groups is 1. The highest BCUT2D eigenvalue weighted by Gasteiger charge is 2.39. The maximum Gasteiger partial charge on any atom is 0.284 e. The lowest BCUT2D eigenvalue weighted by Crippen LogP contribution is -2.33. The normalized spacial score (nSPS) is 17.3. The van der Waals surface area contributed by atoms with Crippen molar-refractivity contribution in [2.24, 2.45) is 4.40 Å². The van der Waals surface area contributed by atoms with Gasteiger partial charge < -0.3 is 10.1 Å². The molecule has 1 fully saturated rings. The van der Waals surface area contributed by atoms with Gasteiger partial charge in [-0.2, -0.15) is 8.42 Å². The summed E-state index contributed by atoms with van der Waals surface area (Å²) in [5.41, 5.74) is 1.53. The number of thioether (sulfide) groups is 1. The lowest BCUT2D eigenvalue weighted by Gasteiger charge is -2.13. The molecule has 0 aliphatic carbocycles. The Labute approximate surface area is 197 Å². The van der Waals surface area contributed by atoms with Gasteiger partial charge in [0.1, 0.15) is 11.0 Å². The number of methoxy groups -OCH3 is 1. The van der Waals surface area contributed by atoms with Crippen LogP contribution in [0.25, 0.3) is 0 Å². The molecule has 2 amide bonds. The van der Waals surface area contributed by atoms with Crippen LogP contribution in [0.3, 0.4) is 0 Å². The molecule has 0 spiro atoms. The minimum atomic E-state index is -4.03. The van der Waals surface area contributed by atoms with Crippen LogP contribution in [0.5, 0.6) is 5.75 Å². The van der Waals surface area contributed by atoms with Crippen molar-refractivity contribution in [3.63, 3.8) is 0 Å². The van der Waals surface area contributed by atoms with Crippen LogP contribution in [-0.2, 0) is 26.0 Å². The molecule has 1 saturated heterocycles. The van der Waals surface area contributed by atoms with Gasteiger partial charge in [-0.15, -0.1) is 11.0 Å². The van der Waals surface area contributed by atoms with E-state index in [2.05, 4.69) is 16.3 Å². The summed E-state index contributed by atoms with van der Waals surface area (Å²) >= 11 is 0.956. The van der Waals surface area contributed by atoms with Gasteiger partial charge in [0.2, 0.25) is 11.8 Å². The van der Waals surface area contributed by atoms with Crippen molar-refractivity contribution >= 4 is 44.5 Å². The van der Waals surface area contributed by atoms with Crippen molar-refractivity contribution in [1.82, 2.24) is 4.90 Å². The summed E-state index contributed by atoms with van der Waals surface area (Å²) in [6.45, 7) is 5.69. The Morgan fingerprint density at radius 1 is 1.27 bits per heavy atom. The van der Waals surface area contributed by atoms with E-state index in [4.69, 9.17) is 4.74 Å². The van der Waals surface area contributed by atoms with E-state index >= 15 is 0 Å². The van der Waals surface area contributed by atoms with Crippen LogP contribution in [0.2, 0.25) is 0 Å². The highest BCUT2D eigenvalue weighted by atomic mass is 32.2. The van der Waals surface area contributed by atoms with E-state index in [1.807, 2.05) is 6.92 Å². The number of rotatable bonds is 9. The Hall–Kier alpha value is -3.11. The Morgan fingerprint density at radius 3 is 2.64 bits per heavy atom. The summed E-state index contributed by atoms with van der Waals surface area (Å²) in [6, 6.07) is 13.3. The quantitative estimate of drug-likeness (QED) is 0.543. The first kappa shape index (κ1) is 24.5. The third-order valence-electron chi connectivity index (χ3n) is 4.88. The molecule has 1 aliphatic heterocycles. The second kappa shape index (κ2) is 10.7. The largest absolute Gasteiger partial charge is 0.497 e. The standard InChI is InChI=1S/C23H25N3O5S2/c1-4-13-26-22(28)20(15-21(27)24-17-7-6-8-18(14-17)31-3)32-23(26)25-33(29,30)19-11-9-16(5-2)10-12-19/h4,6-12,14,20H,1,5,13,15H2,2-3H3,(H,24,27)/b25-23-. The predicted octanol–water partition coefficient (Wildman–Crippen LogP) is 3.46. The predicted molar refractivity (Wildman–Crippen MR) is 130 cm³/mol. The van der Waals surface area contributed by atoms with Crippen molar-refractivity contribution in [3.05, 3.63) is 66.7 Å². The summed E-state index contributed by atoms with van der Waals surface area (Å²) in [5.74, 6) is -0.189. The van der Waals surface area contributed by atoms with Crippen LogP contribution in [0, 0.1) is 0 Å². The number of carbonyl (C=O) groups is 2. The fraction of sp³-hybridized carbons (Fsp3) is 0.261. The molecule has 2 aromatic carbocycles. The fourth-order valence-corrected chi connectivity index (χ4v) is 5.51. The summed E-state index contributed by atoms with van der Waals surface area (Å²) < 4.78 is 34.7. The molecular weight excluding hydrogens is 462 g/mol. The highest BCUT2D eigenvalue weighted by Crippen LogP contribution is 2.31. The van der Waals surface area contributed by atoms with Crippen molar-refractivity contribution in [2.45, 2.75) is 29.9 Å². The number of benzene rings is 2. The number of aryl methyl sites for hydroxylation is 1. The molecule has 1 unspecified atom stereocenters. The zero-order chi connectivity index (χ0) is 24.0. The Balaban J connectivity index is 1.78. The monoisotopic (exact) mass is 487 g/mol.